The number of aliphatic hydroxyl groups excluding tert-OH is 2. The van der Waals surface area contributed by atoms with Crippen LogP contribution in [0, 0.1) is 11.8 Å². The third kappa shape index (κ3) is 3.00. The van der Waals surface area contributed by atoms with E-state index in [0.29, 0.717) is 13.0 Å². The smallest absolute Gasteiger partial charge is 0.353 e. The van der Waals surface area contributed by atoms with Gasteiger partial charge in [0, 0.05) is 42.8 Å². The summed E-state index contributed by atoms with van der Waals surface area (Å²) < 4.78 is 0. The minimum absolute atomic E-state index is 0.0217. The van der Waals surface area contributed by atoms with Gasteiger partial charge in [-0.15, -0.1) is 11.8 Å². The van der Waals surface area contributed by atoms with Crippen LogP contribution in [-0.2, 0) is 9.59 Å². The van der Waals surface area contributed by atoms with Gasteiger partial charge in [-0.3, -0.25) is 4.79 Å². The normalized spacial score (nSPS) is 37.4. The second-order valence-corrected chi connectivity index (χ2v) is 8.95. The largest absolute Gasteiger partial charge is 0.477 e. The van der Waals surface area contributed by atoms with E-state index in [9.17, 15) is 24.9 Å². The Morgan fingerprint density at radius 1 is 1.38 bits per heavy atom. The van der Waals surface area contributed by atoms with Crippen molar-refractivity contribution in [3.63, 3.8) is 0 Å². The van der Waals surface area contributed by atoms with Crippen LogP contribution in [0.2, 0.25) is 0 Å². The molecule has 1 amide bonds. The lowest BCUT2D eigenvalue weighted by molar-refractivity contribution is -0.192. The van der Waals surface area contributed by atoms with Crippen LogP contribution in [0.3, 0.4) is 0 Å². The zero-order valence-corrected chi connectivity index (χ0v) is 16.2. The van der Waals surface area contributed by atoms with Crippen molar-refractivity contribution in [1.29, 1.82) is 0 Å². The first-order chi connectivity index (χ1) is 12.1. The van der Waals surface area contributed by atoms with Gasteiger partial charge in [-0.05, 0) is 13.3 Å². The number of nitrogens with one attached hydrogen (secondary N) is 1. The molecule has 3 aliphatic heterocycles. The van der Waals surface area contributed by atoms with Crippen LogP contribution in [0.25, 0.3) is 0 Å². The molecule has 3 heterocycles. The van der Waals surface area contributed by atoms with E-state index in [1.54, 1.807) is 25.9 Å². The summed E-state index contributed by atoms with van der Waals surface area (Å²) in [5, 5.41) is 33.3. The van der Waals surface area contributed by atoms with Crippen molar-refractivity contribution in [3.05, 3.63) is 10.6 Å². The summed E-state index contributed by atoms with van der Waals surface area (Å²) in [5.41, 5.74) is 0.138. The maximum atomic E-state index is 12.1. The van der Waals surface area contributed by atoms with E-state index in [2.05, 4.69) is 5.32 Å². The van der Waals surface area contributed by atoms with E-state index in [0.717, 1.165) is 4.91 Å². The summed E-state index contributed by atoms with van der Waals surface area (Å²) >= 11 is 1.49. The number of fused-ring (bicyclic) bond motifs is 1. The minimum Gasteiger partial charge on any atom is -0.477 e. The van der Waals surface area contributed by atoms with Gasteiger partial charge in [-0.2, -0.15) is 0 Å². The van der Waals surface area contributed by atoms with Crippen LogP contribution in [0.1, 0.15) is 20.3 Å². The Morgan fingerprint density at radius 3 is 2.58 bits per heavy atom. The third-order valence-corrected chi connectivity index (χ3v) is 7.16. The molecular weight excluding hydrogens is 358 g/mol. The fraction of sp³-hybridized carbons (Fsp3) is 0.765. The Bertz CT molecular complexity index is 638. The molecule has 3 aliphatic rings. The molecule has 0 aromatic carbocycles. The number of likely N-dealkylation sites (N-methyl/N-ethyl adjacent to an activating group) is 1. The maximum absolute atomic E-state index is 12.1. The molecule has 2 fully saturated rings. The van der Waals surface area contributed by atoms with Gasteiger partial charge in [0.1, 0.15) is 11.9 Å². The SMILES string of the molecule is C[C@@H](O)[C@H]1C(O)N2C(C(=O)O)=C(S[C@@H]3CN[C@H](C(=O)N(C)C)C3)[C@H](C)[C@H]12. The van der Waals surface area contributed by atoms with Crippen molar-refractivity contribution in [1.82, 2.24) is 15.1 Å². The molecule has 2 saturated heterocycles. The zero-order chi connectivity index (χ0) is 19.3. The summed E-state index contributed by atoms with van der Waals surface area (Å²) in [6.07, 6.45) is -1.04. The molecule has 8 nitrogen and oxygen atoms in total. The predicted molar refractivity (Wildman–Crippen MR) is 97.1 cm³/mol. The number of carbonyl (C=O) groups excluding carboxylic acids is 1. The number of thioether (sulfide) groups is 1. The number of nitrogens with zero attached hydrogens (tertiary/aromatic N) is 2. The molecule has 146 valence electrons. The topological polar surface area (TPSA) is 113 Å². The first kappa shape index (κ1) is 19.5. The lowest BCUT2D eigenvalue weighted by atomic mass is 9.78. The molecule has 0 aliphatic carbocycles. The predicted octanol–water partition coefficient (Wildman–Crippen LogP) is -0.516. The number of rotatable bonds is 5. The van der Waals surface area contributed by atoms with Gasteiger partial charge >= 0.3 is 5.97 Å². The van der Waals surface area contributed by atoms with E-state index in [1.165, 1.54) is 16.7 Å². The van der Waals surface area contributed by atoms with Gasteiger partial charge in [0.25, 0.3) is 0 Å². The molecule has 0 spiro atoms. The van der Waals surface area contributed by atoms with Crippen molar-refractivity contribution >= 4 is 23.6 Å². The highest BCUT2D eigenvalue weighted by Crippen LogP contribution is 2.53. The van der Waals surface area contributed by atoms with E-state index >= 15 is 0 Å². The average Bonchev–Trinajstić information content (AvgIpc) is 3.09. The van der Waals surface area contributed by atoms with Crippen LogP contribution < -0.4 is 5.32 Å². The van der Waals surface area contributed by atoms with E-state index in [4.69, 9.17) is 0 Å². The molecule has 0 aromatic heterocycles. The van der Waals surface area contributed by atoms with Gasteiger partial charge in [-0.1, -0.05) is 6.92 Å². The fourth-order valence-electron chi connectivity index (χ4n) is 4.36. The number of aliphatic carboxylic acids is 1. The van der Waals surface area contributed by atoms with Gasteiger partial charge in [-0.25, -0.2) is 4.79 Å². The summed E-state index contributed by atoms with van der Waals surface area (Å²) in [6, 6.07) is -0.451. The van der Waals surface area contributed by atoms with Crippen molar-refractivity contribution in [2.24, 2.45) is 11.8 Å². The second kappa shape index (κ2) is 7.03. The summed E-state index contributed by atoms with van der Waals surface area (Å²) in [7, 11) is 3.44. The molecule has 9 heteroatoms. The quantitative estimate of drug-likeness (QED) is 0.500. The van der Waals surface area contributed by atoms with E-state index in [-0.39, 0.29) is 40.8 Å². The summed E-state index contributed by atoms with van der Waals surface area (Å²) in [6.45, 7) is 4.20. The van der Waals surface area contributed by atoms with E-state index in [1.807, 2.05) is 6.92 Å². The number of hydrogen-bond acceptors (Lipinski definition) is 7. The Balaban J connectivity index is 1.77. The number of carbonyl (C=O) groups is 2. The van der Waals surface area contributed by atoms with Gasteiger partial charge in [0.2, 0.25) is 5.91 Å². The van der Waals surface area contributed by atoms with Gasteiger partial charge in [0.15, 0.2) is 0 Å². The maximum Gasteiger partial charge on any atom is 0.353 e. The molecule has 0 aromatic rings. The number of carboxylic acid groups (broad SMARTS) is 1. The van der Waals surface area contributed by atoms with Crippen molar-refractivity contribution in [2.75, 3.05) is 20.6 Å². The van der Waals surface area contributed by atoms with Crippen LogP contribution in [0.15, 0.2) is 10.6 Å². The monoisotopic (exact) mass is 385 g/mol. The third-order valence-electron chi connectivity index (χ3n) is 5.64. The van der Waals surface area contributed by atoms with Crippen molar-refractivity contribution in [2.45, 2.75) is 49.9 Å². The summed E-state index contributed by atoms with van der Waals surface area (Å²) in [4.78, 5) is 27.8. The number of carboxylic acids is 1. The Hall–Kier alpha value is -1.29. The molecule has 0 saturated carbocycles. The second-order valence-electron chi connectivity index (χ2n) is 7.61. The molecule has 0 bridgehead atoms. The molecule has 0 radical (unpaired) electrons. The van der Waals surface area contributed by atoms with Crippen LogP contribution in [-0.4, -0.2) is 87.3 Å². The first-order valence-electron chi connectivity index (χ1n) is 8.88. The zero-order valence-electron chi connectivity index (χ0n) is 15.4. The Kier molecular flexibility index (Phi) is 5.26. The number of amides is 1. The highest BCUT2D eigenvalue weighted by atomic mass is 32.2. The van der Waals surface area contributed by atoms with Crippen LogP contribution in [0.4, 0.5) is 0 Å². The first-order valence-corrected chi connectivity index (χ1v) is 9.76. The van der Waals surface area contributed by atoms with Crippen molar-refractivity contribution < 1.29 is 24.9 Å². The highest BCUT2D eigenvalue weighted by Gasteiger charge is 2.59. The van der Waals surface area contributed by atoms with Crippen LogP contribution in [0.5, 0.6) is 0 Å². The molecule has 1 unspecified atom stereocenters. The van der Waals surface area contributed by atoms with Crippen LogP contribution >= 0.6 is 11.8 Å². The lowest BCUT2D eigenvalue weighted by Crippen LogP contribution is -2.66. The van der Waals surface area contributed by atoms with E-state index < -0.39 is 18.3 Å². The highest BCUT2D eigenvalue weighted by molar-refractivity contribution is 8.03. The molecule has 26 heavy (non-hydrogen) atoms. The Labute approximate surface area is 157 Å². The molecule has 7 atom stereocenters. The standard InChI is InChI=1S/C17H27N3O5S/c1-7-12-11(8(2)21)16(23)20(12)13(17(24)25)14(7)26-9-5-10(18-6-9)15(22)19(3)4/h7-12,16,18,21,23H,5-6H2,1-4H3,(H,24,25)/t7-,8-,9+,10+,11-,12-,16?/m1/s1. The molecule has 4 N–H and O–H groups in total. The minimum atomic E-state index is -1.06. The van der Waals surface area contributed by atoms with Crippen molar-refractivity contribution in [3.8, 4) is 0 Å². The van der Waals surface area contributed by atoms with Gasteiger partial charge < -0.3 is 30.4 Å². The molecular formula is C17H27N3O5S. The fourth-order valence-corrected chi connectivity index (χ4v) is 5.85. The summed E-state index contributed by atoms with van der Waals surface area (Å²) in [5.74, 6) is -1.48. The molecule has 3 rings (SSSR count). The van der Waals surface area contributed by atoms with Gasteiger partial charge in [0.05, 0.1) is 18.1 Å². The number of aliphatic hydroxyl groups is 2. The Morgan fingerprint density at radius 2 is 2.04 bits per heavy atom. The lowest BCUT2D eigenvalue weighted by Gasteiger charge is -2.53. The number of hydrogen-bond donors (Lipinski definition) is 4. The average molecular weight is 385 g/mol.